The number of aliphatic hydroxyl groups is 1. The van der Waals surface area contributed by atoms with E-state index in [1.54, 1.807) is 6.07 Å². The first kappa shape index (κ1) is 15.1. The number of benzene rings is 1. The molecule has 6 heteroatoms. The topological polar surface area (TPSA) is 72.6 Å². The van der Waals surface area contributed by atoms with E-state index in [1.165, 1.54) is 12.1 Å². The fourth-order valence-electron chi connectivity index (χ4n) is 2.97. The summed E-state index contributed by atoms with van der Waals surface area (Å²) in [6, 6.07) is 4.46. The van der Waals surface area contributed by atoms with Crippen LogP contribution in [0.25, 0.3) is 0 Å². The highest BCUT2D eigenvalue weighted by molar-refractivity contribution is 6.32. The average molecular weight is 300 g/mol. The van der Waals surface area contributed by atoms with Gasteiger partial charge in [-0.3, -0.25) is 10.1 Å². The molecular weight excluding hydrogens is 282 g/mol. The van der Waals surface area contributed by atoms with Gasteiger partial charge < -0.3 is 9.84 Å². The van der Waals surface area contributed by atoms with Crippen LogP contribution < -0.4 is 4.74 Å². The van der Waals surface area contributed by atoms with Gasteiger partial charge in [-0.25, -0.2) is 0 Å². The first-order valence-electron chi connectivity index (χ1n) is 6.73. The summed E-state index contributed by atoms with van der Waals surface area (Å²) in [6.45, 7) is 3.98. The first-order valence-corrected chi connectivity index (χ1v) is 7.11. The number of aliphatic hydroxyl groups excluding tert-OH is 1. The normalized spacial score (nSPS) is 24.0. The number of halogens is 1. The molecule has 0 amide bonds. The lowest BCUT2D eigenvalue weighted by atomic mass is 9.60. The van der Waals surface area contributed by atoms with E-state index in [1.807, 2.05) is 13.8 Å². The second-order valence-electron chi connectivity index (χ2n) is 5.14. The molecule has 1 aromatic carbocycles. The van der Waals surface area contributed by atoms with Crippen molar-refractivity contribution >= 4 is 17.3 Å². The lowest BCUT2D eigenvalue weighted by Gasteiger charge is -2.52. The molecule has 5 nitrogen and oxygen atoms in total. The molecule has 1 aliphatic rings. The van der Waals surface area contributed by atoms with Gasteiger partial charge in [0.15, 0.2) is 0 Å². The Morgan fingerprint density at radius 2 is 2.15 bits per heavy atom. The monoisotopic (exact) mass is 299 g/mol. The molecule has 110 valence electrons. The second kappa shape index (κ2) is 5.58. The molecule has 1 saturated carbocycles. The smallest absolute Gasteiger partial charge is 0.312 e. The SMILES string of the molecule is CCC1(CC)C(O)CC1Oc1c(Cl)cccc1[N+](=O)[O-]. The Morgan fingerprint density at radius 3 is 2.65 bits per heavy atom. The van der Waals surface area contributed by atoms with E-state index < -0.39 is 11.0 Å². The zero-order chi connectivity index (χ0) is 14.9. The Balaban J connectivity index is 2.30. The van der Waals surface area contributed by atoms with Crippen molar-refractivity contribution in [3.05, 3.63) is 33.3 Å². The van der Waals surface area contributed by atoms with E-state index in [0.29, 0.717) is 6.42 Å². The van der Waals surface area contributed by atoms with Crippen LogP contribution in [0.1, 0.15) is 33.1 Å². The van der Waals surface area contributed by atoms with Gasteiger partial charge in [-0.05, 0) is 18.9 Å². The molecule has 1 aromatic rings. The lowest BCUT2D eigenvalue weighted by Crippen LogP contribution is -2.59. The number of hydrogen-bond donors (Lipinski definition) is 1. The van der Waals surface area contributed by atoms with Crippen molar-refractivity contribution in [1.82, 2.24) is 0 Å². The van der Waals surface area contributed by atoms with Crippen molar-refractivity contribution in [2.75, 3.05) is 0 Å². The van der Waals surface area contributed by atoms with Gasteiger partial charge >= 0.3 is 5.69 Å². The molecule has 2 rings (SSSR count). The van der Waals surface area contributed by atoms with Crippen LogP contribution in [-0.2, 0) is 0 Å². The van der Waals surface area contributed by atoms with Gasteiger partial charge in [0, 0.05) is 17.9 Å². The number of rotatable bonds is 5. The maximum atomic E-state index is 11.0. The van der Waals surface area contributed by atoms with E-state index in [9.17, 15) is 15.2 Å². The van der Waals surface area contributed by atoms with Crippen molar-refractivity contribution < 1.29 is 14.8 Å². The molecule has 0 heterocycles. The minimum atomic E-state index is -0.504. The Labute approximate surface area is 122 Å². The number of ether oxygens (including phenoxy) is 1. The van der Waals surface area contributed by atoms with Crippen molar-refractivity contribution in [3.63, 3.8) is 0 Å². The van der Waals surface area contributed by atoms with Gasteiger partial charge in [-0.2, -0.15) is 0 Å². The van der Waals surface area contributed by atoms with E-state index in [2.05, 4.69) is 0 Å². The maximum absolute atomic E-state index is 11.0. The van der Waals surface area contributed by atoms with Gasteiger partial charge in [0.25, 0.3) is 0 Å². The molecule has 0 bridgehead atoms. The molecule has 0 spiro atoms. The summed E-state index contributed by atoms with van der Waals surface area (Å²) in [5, 5.41) is 21.3. The van der Waals surface area contributed by atoms with Crippen LogP contribution in [0, 0.1) is 15.5 Å². The van der Waals surface area contributed by atoms with Crippen LogP contribution in [0.2, 0.25) is 5.02 Å². The highest BCUT2D eigenvalue weighted by Crippen LogP contribution is 2.50. The Morgan fingerprint density at radius 1 is 1.50 bits per heavy atom. The molecule has 0 radical (unpaired) electrons. The Hall–Kier alpha value is -1.33. The number of nitro benzene ring substituents is 1. The van der Waals surface area contributed by atoms with Crippen molar-refractivity contribution in [2.24, 2.45) is 5.41 Å². The van der Waals surface area contributed by atoms with Gasteiger partial charge in [0.1, 0.15) is 6.10 Å². The van der Waals surface area contributed by atoms with Crippen LogP contribution in [0.4, 0.5) is 5.69 Å². The van der Waals surface area contributed by atoms with Gasteiger partial charge in [-0.1, -0.05) is 31.5 Å². The van der Waals surface area contributed by atoms with Crippen molar-refractivity contribution in [2.45, 2.75) is 45.3 Å². The summed E-state index contributed by atoms with van der Waals surface area (Å²) in [7, 11) is 0. The Bertz CT molecular complexity index is 516. The minimum absolute atomic E-state index is 0.0994. The van der Waals surface area contributed by atoms with E-state index in [0.717, 1.165) is 12.8 Å². The zero-order valence-electron chi connectivity index (χ0n) is 11.5. The van der Waals surface area contributed by atoms with Crippen LogP contribution in [-0.4, -0.2) is 22.2 Å². The summed E-state index contributed by atoms with van der Waals surface area (Å²) in [5.41, 5.74) is -0.479. The minimum Gasteiger partial charge on any atom is -0.482 e. The quantitative estimate of drug-likeness (QED) is 0.666. The largest absolute Gasteiger partial charge is 0.482 e. The van der Waals surface area contributed by atoms with Crippen LogP contribution in [0.3, 0.4) is 0 Å². The van der Waals surface area contributed by atoms with Gasteiger partial charge in [0.05, 0.1) is 16.0 Å². The summed E-state index contributed by atoms with van der Waals surface area (Å²) >= 11 is 6.02. The average Bonchev–Trinajstić information content (AvgIpc) is 2.41. The molecule has 2 atom stereocenters. The zero-order valence-corrected chi connectivity index (χ0v) is 12.3. The third kappa shape index (κ3) is 2.25. The van der Waals surface area contributed by atoms with E-state index in [4.69, 9.17) is 16.3 Å². The second-order valence-corrected chi connectivity index (χ2v) is 5.55. The number of nitro groups is 1. The molecule has 0 aromatic heterocycles. The number of para-hydroxylation sites is 1. The van der Waals surface area contributed by atoms with Gasteiger partial charge in [-0.15, -0.1) is 0 Å². The summed E-state index contributed by atoms with van der Waals surface area (Å²) < 4.78 is 5.81. The number of nitrogens with zero attached hydrogens (tertiary/aromatic N) is 1. The maximum Gasteiger partial charge on any atom is 0.312 e. The molecule has 0 aliphatic heterocycles. The summed E-state index contributed by atoms with van der Waals surface area (Å²) in [4.78, 5) is 10.5. The fourth-order valence-corrected chi connectivity index (χ4v) is 3.18. The molecule has 1 N–H and O–H groups in total. The molecule has 20 heavy (non-hydrogen) atoms. The van der Waals surface area contributed by atoms with Crippen LogP contribution >= 0.6 is 11.6 Å². The fraction of sp³-hybridized carbons (Fsp3) is 0.571. The van der Waals surface area contributed by atoms with E-state index >= 15 is 0 Å². The third-order valence-corrected chi connectivity index (χ3v) is 4.76. The standard InChI is InChI=1S/C14H18ClNO4/c1-3-14(4-2)11(17)8-12(14)20-13-9(15)6-5-7-10(13)16(18)19/h5-7,11-12,17H,3-4,8H2,1-2H3. The number of hydrogen-bond acceptors (Lipinski definition) is 4. The molecule has 2 unspecified atom stereocenters. The highest BCUT2D eigenvalue weighted by Gasteiger charge is 2.54. The van der Waals surface area contributed by atoms with Crippen LogP contribution in [0.5, 0.6) is 5.75 Å². The predicted octanol–water partition coefficient (Wildman–Crippen LogP) is 3.57. The van der Waals surface area contributed by atoms with Crippen molar-refractivity contribution in [3.8, 4) is 5.75 Å². The highest BCUT2D eigenvalue weighted by atomic mass is 35.5. The van der Waals surface area contributed by atoms with Crippen LogP contribution in [0.15, 0.2) is 18.2 Å². The summed E-state index contributed by atoms with van der Waals surface area (Å²) in [6.07, 6.45) is 1.32. The van der Waals surface area contributed by atoms with E-state index in [-0.39, 0.29) is 28.0 Å². The van der Waals surface area contributed by atoms with Crippen molar-refractivity contribution in [1.29, 1.82) is 0 Å². The molecular formula is C14H18ClNO4. The predicted molar refractivity (Wildman–Crippen MR) is 76.2 cm³/mol. The first-order chi connectivity index (χ1) is 9.46. The molecule has 0 saturated heterocycles. The lowest BCUT2D eigenvalue weighted by molar-refractivity contribution is -0.386. The Kier molecular flexibility index (Phi) is 4.20. The molecule has 1 fully saturated rings. The summed E-state index contributed by atoms with van der Waals surface area (Å²) in [5.74, 6) is 0.0994. The third-order valence-electron chi connectivity index (χ3n) is 4.46. The molecule has 1 aliphatic carbocycles. The van der Waals surface area contributed by atoms with Gasteiger partial charge in [0.2, 0.25) is 5.75 Å².